The van der Waals surface area contributed by atoms with Gasteiger partial charge in [-0.25, -0.2) is 0 Å². The number of aliphatic hydroxyl groups is 1. The van der Waals surface area contributed by atoms with E-state index in [4.69, 9.17) is 0 Å². The average Bonchev–Trinajstić information content (AvgIpc) is 2.60. The van der Waals surface area contributed by atoms with Crippen LogP contribution >= 0.6 is 11.3 Å². The zero-order valence-electron chi connectivity index (χ0n) is 9.08. The fourth-order valence-electron chi connectivity index (χ4n) is 1.26. The third kappa shape index (κ3) is 3.08. The summed E-state index contributed by atoms with van der Waals surface area (Å²) in [6, 6.07) is 2.33. The van der Waals surface area contributed by atoms with E-state index in [0.717, 1.165) is 13.0 Å². The largest absolute Gasteiger partial charge is 0.392 e. The Morgan fingerprint density at radius 1 is 1.50 bits per heavy atom. The molecule has 1 aromatic heterocycles. The number of hydrogen-bond donors (Lipinski definition) is 2. The fourth-order valence-corrected chi connectivity index (χ4v) is 2.19. The molecule has 2 N–H and O–H groups in total. The highest BCUT2D eigenvalue weighted by Crippen LogP contribution is 2.17. The monoisotopic (exact) mass is 213 g/mol. The zero-order valence-corrected chi connectivity index (χ0v) is 9.90. The van der Waals surface area contributed by atoms with E-state index in [1.165, 1.54) is 10.4 Å². The Kier molecular flexibility index (Phi) is 4.58. The smallest absolute Gasteiger partial charge is 0.0662 e. The van der Waals surface area contributed by atoms with Crippen LogP contribution in [0.4, 0.5) is 0 Å². The van der Waals surface area contributed by atoms with Gasteiger partial charge in [-0.15, -0.1) is 11.3 Å². The Hall–Kier alpha value is -0.380. The molecule has 0 aliphatic rings. The minimum absolute atomic E-state index is 0.154. The summed E-state index contributed by atoms with van der Waals surface area (Å²) in [5.74, 6) is 0. The molecule has 1 heterocycles. The molecule has 2 atom stereocenters. The Morgan fingerprint density at radius 3 is 2.79 bits per heavy atom. The van der Waals surface area contributed by atoms with E-state index >= 15 is 0 Å². The van der Waals surface area contributed by atoms with Crippen LogP contribution in [0.2, 0.25) is 0 Å². The maximum absolute atomic E-state index is 9.32. The summed E-state index contributed by atoms with van der Waals surface area (Å²) in [5.41, 5.74) is 1.42. The van der Waals surface area contributed by atoms with Gasteiger partial charge in [0.05, 0.1) is 6.10 Å². The highest BCUT2D eigenvalue weighted by Gasteiger charge is 2.09. The van der Waals surface area contributed by atoms with Gasteiger partial charge >= 0.3 is 0 Å². The van der Waals surface area contributed by atoms with Crippen LogP contribution in [0.1, 0.15) is 31.2 Å². The van der Waals surface area contributed by atoms with Crippen LogP contribution in [0, 0.1) is 0 Å². The predicted octanol–water partition coefficient (Wildman–Crippen LogP) is 2.17. The molecule has 0 spiro atoms. The minimum Gasteiger partial charge on any atom is -0.392 e. The molecule has 0 radical (unpaired) electrons. The molecule has 0 bridgehead atoms. The molecule has 0 saturated carbocycles. The summed E-state index contributed by atoms with van der Waals surface area (Å²) < 4.78 is 0. The molecule has 0 aliphatic carbocycles. The van der Waals surface area contributed by atoms with Crippen LogP contribution in [0.5, 0.6) is 0 Å². The molecular weight excluding hydrogens is 194 g/mol. The standard InChI is InChI=1S/C11H19NOS/c1-4-10-5-6-14-11(10)7-12-8(2)9(3)13/h5-6,8-9,12-13H,4,7H2,1-3H3. The molecule has 1 rings (SSSR count). The Balaban J connectivity index is 2.45. The lowest BCUT2D eigenvalue weighted by atomic mass is 10.2. The van der Waals surface area contributed by atoms with E-state index in [2.05, 4.69) is 23.7 Å². The first kappa shape index (κ1) is 11.7. The second-order valence-electron chi connectivity index (χ2n) is 3.63. The third-order valence-corrected chi connectivity index (χ3v) is 3.49. The molecule has 0 saturated heterocycles. The summed E-state index contributed by atoms with van der Waals surface area (Å²) in [7, 11) is 0. The van der Waals surface area contributed by atoms with E-state index < -0.39 is 0 Å². The summed E-state index contributed by atoms with van der Waals surface area (Å²) in [6.45, 7) is 6.85. The maximum Gasteiger partial charge on any atom is 0.0662 e. The van der Waals surface area contributed by atoms with Crippen molar-refractivity contribution in [1.29, 1.82) is 0 Å². The second-order valence-corrected chi connectivity index (χ2v) is 4.63. The molecular formula is C11H19NOS. The normalized spacial score (nSPS) is 15.4. The van der Waals surface area contributed by atoms with Crippen molar-refractivity contribution in [2.24, 2.45) is 0 Å². The molecule has 3 heteroatoms. The van der Waals surface area contributed by atoms with Crippen LogP contribution in [-0.2, 0) is 13.0 Å². The topological polar surface area (TPSA) is 32.3 Å². The van der Waals surface area contributed by atoms with Gasteiger partial charge in [-0.2, -0.15) is 0 Å². The highest BCUT2D eigenvalue weighted by molar-refractivity contribution is 7.10. The van der Waals surface area contributed by atoms with Crippen LogP contribution < -0.4 is 5.32 Å². The molecule has 14 heavy (non-hydrogen) atoms. The molecule has 2 unspecified atom stereocenters. The molecule has 0 amide bonds. The first-order valence-corrected chi connectivity index (χ1v) is 5.99. The van der Waals surface area contributed by atoms with Crippen molar-refractivity contribution in [2.45, 2.75) is 45.9 Å². The number of nitrogens with one attached hydrogen (secondary N) is 1. The Morgan fingerprint density at radius 2 is 2.21 bits per heavy atom. The van der Waals surface area contributed by atoms with Crippen LogP contribution in [0.3, 0.4) is 0 Å². The molecule has 80 valence electrons. The Labute approximate surface area is 90.0 Å². The van der Waals surface area contributed by atoms with Crippen molar-refractivity contribution in [2.75, 3.05) is 0 Å². The van der Waals surface area contributed by atoms with Gasteiger partial charge in [0.1, 0.15) is 0 Å². The molecule has 1 aromatic rings. The predicted molar refractivity (Wildman–Crippen MR) is 61.7 cm³/mol. The summed E-state index contributed by atoms with van der Waals surface area (Å²) in [5, 5.41) is 14.8. The van der Waals surface area contributed by atoms with Crippen molar-refractivity contribution < 1.29 is 5.11 Å². The van der Waals surface area contributed by atoms with Gasteiger partial charge in [-0.1, -0.05) is 6.92 Å². The fraction of sp³-hybridized carbons (Fsp3) is 0.636. The lowest BCUT2D eigenvalue weighted by molar-refractivity contribution is 0.152. The third-order valence-electron chi connectivity index (χ3n) is 2.53. The summed E-state index contributed by atoms with van der Waals surface area (Å²) in [6.07, 6.45) is 0.795. The van der Waals surface area contributed by atoms with Gasteiger partial charge in [0.2, 0.25) is 0 Å². The van der Waals surface area contributed by atoms with E-state index in [1.54, 1.807) is 11.3 Å². The van der Waals surface area contributed by atoms with Gasteiger partial charge in [-0.3, -0.25) is 0 Å². The zero-order chi connectivity index (χ0) is 10.6. The average molecular weight is 213 g/mol. The van der Waals surface area contributed by atoms with E-state index in [9.17, 15) is 5.11 Å². The first-order chi connectivity index (χ1) is 6.65. The van der Waals surface area contributed by atoms with Crippen molar-refractivity contribution in [3.63, 3.8) is 0 Å². The lowest BCUT2D eigenvalue weighted by Gasteiger charge is -2.16. The number of rotatable bonds is 5. The van der Waals surface area contributed by atoms with Gasteiger partial charge in [0.15, 0.2) is 0 Å². The molecule has 0 aromatic carbocycles. The van der Waals surface area contributed by atoms with Crippen LogP contribution in [0.15, 0.2) is 11.4 Å². The molecule has 2 nitrogen and oxygen atoms in total. The second kappa shape index (κ2) is 5.49. The van der Waals surface area contributed by atoms with Gasteiger partial charge in [0, 0.05) is 17.5 Å². The number of thiophene rings is 1. The van der Waals surface area contributed by atoms with Crippen molar-refractivity contribution in [3.05, 3.63) is 21.9 Å². The Bertz CT molecular complexity index is 270. The maximum atomic E-state index is 9.32. The minimum atomic E-state index is -0.292. The molecule has 0 aliphatic heterocycles. The van der Waals surface area contributed by atoms with Gasteiger partial charge in [0.25, 0.3) is 0 Å². The number of aryl methyl sites for hydroxylation is 1. The van der Waals surface area contributed by atoms with Crippen LogP contribution in [-0.4, -0.2) is 17.3 Å². The van der Waals surface area contributed by atoms with Crippen molar-refractivity contribution >= 4 is 11.3 Å². The lowest BCUT2D eigenvalue weighted by Crippen LogP contribution is -2.34. The molecule has 0 fully saturated rings. The van der Waals surface area contributed by atoms with E-state index in [0.29, 0.717) is 0 Å². The number of hydrogen-bond acceptors (Lipinski definition) is 3. The quantitative estimate of drug-likeness (QED) is 0.785. The highest BCUT2D eigenvalue weighted by atomic mass is 32.1. The summed E-state index contributed by atoms with van der Waals surface area (Å²) >= 11 is 1.78. The van der Waals surface area contributed by atoms with E-state index in [1.807, 2.05) is 13.8 Å². The SMILES string of the molecule is CCc1ccsc1CNC(C)C(C)O. The van der Waals surface area contributed by atoms with Crippen molar-refractivity contribution in [3.8, 4) is 0 Å². The van der Waals surface area contributed by atoms with Gasteiger partial charge in [-0.05, 0) is 37.3 Å². The first-order valence-electron chi connectivity index (χ1n) is 5.11. The van der Waals surface area contributed by atoms with E-state index in [-0.39, 0.29) is 12.1 Å². The summed E-state index contributed by atoms with van der Waals surface area (Å²) in [4.78, 5) is 1.39. The van der Waals surface area contributed by atoms with Crippen molar-refractivity contribution in [1.82, 2.24) is 5.32 Å². The van der Waals surface area contributed by atoms with Gasteiger partial charge < -0.3 is 10.4 Å². The number of aliphatic hydroxyl groups excluding tert-OH is 1. The van der Waals surface area contributed by atoms with Crippen LogP contribution in [0.25, 0.3) is 0 Å².